The second kappa shape index (κ2) is 3.64. The summed E-state index contributed by atoms with van der Waals surface area (Å²) in [5.74, 6) is -1.00. The molecule has 1 aliphatic heterocycles. The average molecular weight is 188 g/mol. The van der Waals surface area contributed by atoms with Crippen LogP contribution in [0.1, 0.15) is 20.3 Å². The Hall–Kier alpha value is -0.610. The highest BCUT2D eigenvalue weighted by Gasteiger charge is 2.41. The molecule has 0 spiro atoms. The van der Waals surface area contributed by atoms with Crippen LogP contribution in [-0.2, 0) is 9.53 Å². The molecule has 0 saturated carbocycles. The second-order valence-corrected chi connectivity index (χ2v) is 4.10. The number of hydrogen-bond donors (Lipinski definition) is 2. The summed E-state index contributed by atoms with van der Waals surface area (Å²) in [5, 5.41) is 18.7. The number of carboxylic acid groups (broad SMARTS) is 1. The number of rotatable bonds is 3. The summed E-state index contributed by atoms with van der Waals surface area (Å²) in [6.45, 7) is 4.17. The molecule has 0 aliphatic carbocycles. The highest BCUT2D eigenvalue weighted by atomic mass is 16.5. The summed E-state index contributed by atoms with van der Waals surface area (Å²) in [6, 6.07) is 0. The molecule has 4 nitrogen and oxygen atoms in total. The van der Waals surface area contributed by atoms with Crippen LogP contribution in [0.3, 0.4) is 0 Å². The van der Waals surface area contributed by atoms with E-state index < -0.39 is 17.5 Å². The highest BCUT2D eigenvalue weighted by molar-refractivity contribution is 5.74. The number of carboxylic acids is 1. The fraction of sp³-hybridized carbons (Fsp3) is 0.889. The Morgan fingerprint density at radius 1 is 1.62 bits per heavy atom. The Kier molecular flexibility index (Phi) is 2.93. The van der Waals surface area contributed by atoms with Gasteiger partial charge >= 0.3 is 5.97 Å². The van der Waals surface area contributed by atoms with Gasteiger partial charge < -0.3 is 14.9 Å². The van der Waals surface area contributed by atoms with Crippen molar-refractivity contribution in [1.29, 1.82) is 0 Å². The van der Waals surface area contributed by atoms with Gasteiger partial charge in [-0.1, -0.05) is 0 Å². The molecule has 4 heteroatoms. The van der Waals surface area contributed by atoms with Gasteiger partial charge in [-0.05, 0) is 20.3 Å². The van der Waals surface area contributed by atoms with Crippen molar-refractivity contribution in [3.8, 4) is 0 Å². The summed E-state index contributed by atoms with van der Waals surface area (Å²) in [6.07, 6.45) is -0.0785. The van der Waals surface area contributed by atoms with Crippen molar-refractivity contribution in [2.45, 2.75) is 26.4 Å². The van der Waals surface area contributed by atoms with Gasteiger partial charge in [-0.25, -0.2) is 0 Å². The first-order valence-electron chi connectivity index (χ1n) is 4.45. The third-order valence-electron chi connectivity index (χ3n) is 2.70. The van der Waals surface area contributed by atoms with Crippen LogP contribution >= 0.6 is 0 Å². The van der Waals surface area contributed by atoms with Crippen LogP contribution in [0.5, 0.6) is 0 Å². The molecule has 2 unspecified atom stereocenters. The molecule has 0 aromatic rings. The molecule has 13 heavy (non-hydrogen) atoms. The predicted molar refractivity (Wildman–Crippen MR) is 46.3 cm³/mol. The van der Waals surface area contributed by atoms with Crippen molar-refractivity contribution in [2.75, 3.05) is 13.2 Å². The van der Waals surface area contributed by atoms with Gasteiger partial charge in [-0.15, -0.1) is 0 Å². The van der Waals surface area contributed by atoms with E-state index in [0.29, 0.717) is 13.2 Å². The molecule has 0 amide bonds. The average Bonchev–Trinajstić information content (AvgIpc) is 2.54. The minimum Gasteiger partial charge on any atom is -0.481 e. The molecular weight excluding hydrogens is 172 g/mol. The minimum atomic E-state index is -1.08. The number of aliphatic hydroxyl groups excluding tert-OH is 1. The smallest absolute Gasteiger partial charge is 0.311 e. The molecule has 1 saturated heterocycles. The van der Waals surface area contributed by atoms with Gasteiger partial charge in [0.1, 0.15) is 0 Å². The Balaban J connectivity index is 2.64. The van der Waals surface area contributed by atoms with Gasteiger partial charge in [0.2, 0.25) is 0 Å². The summed E-state index contributed by atoms with van der Waals surface area (Å²) in [4.78, 5) is 10.8. The highest BCUT2D eigenvalue weighted by Crippen LogP contribution is 2.30. The first kappa shape index (κ1) is 10.5. The number of aliphatic carboxylic acids is 1. The molecule has 2 atom stereocenters. The van der Waals surface area contributed by atoms with Gasteiger partial charge in [0, 0.05) is 12.5 Å². The van der Waals surface area contributed by atoms with Crippen molar-refractivity contribution in [2.24, 2.45) is 11.3 Å². The van der Waals surface area contributed by atoms with Crippen molar-refractivity contribution in [3.05, 3.63) is 0 Å². The summed E-state index contributed by atoms with van der Waals surface area (Å²) >= 11 is 0. The van der Waals surface area contributed by atoms with Gasteiger partial charge in [0.25, 0.3) is 0 Å². The van der Waals surface area contributed by atoms with Crippen LogP contribution in [0.2, 0.25) is 0 Å². The Bertz CT molecular complexity index is 194. The number of hydrogen-bond acceptors (Lipinski definition) is 3. The van der Waals surface area contributed by atoms with E-state index in [1.54, 1.807) is 13.8 Å². The zero-order chi connectivity index (χ0) is 10.1. The zero-order valence-electron chi connectivity index (χ0n) is 7.99. The van der Waals surface area contributed by atoms with Crippen LogP contribution < -0.4 is 0 Å². The van der Waals surface area contributed by atoms with E-state index in [1.165, 1.54) is 0 Å². The molecule has 0 radical (unpaired) electrons. The lowest BCUT2D eigenvalue weighted by Gasteiger charge is -2.29. The Labute approximate surface area is 77.5 Å². The van der Waals surface area contributed by atoms with E-state index >= 15 is 0 Å². The predicted octanol–water partition coefficient (Wildman–Crippen LogP) is 0.495. The lowest BCUT2D eigenvalue weighted by atomic mass is 9.79. The SMILES string of the molecule is CC(C)(C(=O)O)C(O)C1CCOC1. The van der Waals surface area contributed by atoms with E-state index in [2.05, 4.69) is 0 Å². The van der Waals surface area contributed by atoms with E-state index in [4.69, 9.17) is 9.84 Å². The monoisotopic (exact) mass is 188 g/mol. The molecule has 76 valence electrons. The van der Waals surface area contributed by atoms with Crippen molar-refractivity contribution >= 4 is 5.97 Å². The first-order chi connectivity index (χ1) is 5.96. The Morgan fingerprint density at radius 3 is 2.62 bits per heavy atom. The van der Waals surface area contributed by atoms with E-state index in [-0.39, 0.29) is 5.92 Å². The first-order valence-corrected chi connectivity index (χ1v) is 4.45. The second-order valence-electron chi connectivity index (χ2n) is 4.10. The molecular formula is C9H16O4. The topological polar surface area (TPSA) is 66.8 Å². The Morgan fingerprint density at radius 2 is 2.23 bits per heavy atom. The fourth-order valence-electron chi connectivity index (χ4n) is 1.52. The van der Waals surface area contributed by atoms with Crippen LogP contribution in [0.15, 0.2) is 0 Å². The largest absolute Gasteiger partial charge is 0.481 e. The summed E-state index contributed by atoms with van der Waals surface area (Å²) < 4.78 is 5.10. The van der Waals surface area contributed by atoms with E-state index in [1.807, 2.05) is 0 Å². The third-order valence-corrected chi connectivity index (χ3v) is 2.70. The van der Waals surface area contributed by atoms with Crippen LogP contribution in [0.4, 0.5) is 0 Å². The molecule has 0 aromatic heterocycles. The normalized spacial score (nSPS) is 25.9. The maximum atomic E-state index is 10.8. The van der Waals surface area contributed by atoms with Crippen LogP contribution in [0, 0.1) is 11.3 Å². The standard InChI is InChI=1S/C9H16O4/c1-9(2,8(11)12)7(10)6-3-4-13-5-6/h6-7,10H,3-5H2,1-2H3,(H,11,12). The fourth-order valence-corrected chi connectivity index (χ4v) is 1.52. The number of aliphatic hydroxyl groups is 1. The third kappa shape index (κ3) is 2.00. The minimum absolute atomic E-state index is 0.0360. The van der Waals surface area contributed by atoms with E-state index in [0.717, 1.165) is 6.42 Å². The summed E-state index contributed by atoms with van der Waals surface area (Å²) in [7, 11) is 0. The van der Waals surface area contributed by atoms with Crippen molar-refractivity contribution in [1.82, 2.24) is 0 Å². The zero-order valence-corrected chi connectivity index (χ0v) is 7.99. The number of ether oxygens (including phenoxy) is 1. The van der Waals surface area contributed by atoms with Gasteiger partial charge in [-0.2, -0.15) is 0 Å². The van der Waals surface area contributed by atoms with Crippen LogP contribution in [-0.4, -0.2) is 35.5 Å². The van der Waals surface area contributed by atoms with Gasteiger partial charge in [0.15, 0.2) is 0 Å². The molecule has 0 bridgehead atoms. The molecule has 2 N–H and O–H groups in total. The number of carbonyl (C=O) groups is 1. The van der Waals surface area contributed by atoms with Crippen molar-refractivity contribution < 1.29 is 19.7 Å². The molecule has 1 fully saturated rings. The lowest BCUT2D eigenvalue weighted by molar-refractivity contribution is -0.155. The van der Waals surface area contributed by atoms with Crippen molar-refractivity contribution in [3.63, 3.8) is 0 Å². The molecule has 1 heterocycles. The van der Waals surface area contributed by atoms with E-state index in [9.17, 15) is 9.90 Å². The maximum absolute atomic E-state index is 10.8. The quantitative estimate of drug-likeness (QED) is 0.676. The lowest BCUT2D eigenvalue weighted by Crippen LogP contribution is -2.42. The molecule has 1 rings (SSSR count). The molecule has 1 aliphatic rings. The summed E-state index contributed by atoms with van der Waals surface area (Å²) in [5.41, 5.74) is -1.08. The van der Waals surface area contributed by atoms with Crippen LogP contribution in [0.25, 0.3) is 0 Å². The van der Waals surface area contributed by atoms with Gasteiger partial charge in [-0.3, -0.25) is 4.79 Å². The molecule has 0 aromatic carbocycles. The van der Waals surface area contributed by atoms with Gasteiger partial charge in [0.05, 0.1) is 18.1 Å². The maximum Gasteiger partial charge on any atom is 0.311 e.